The normalized spacial score (nSPS) is 10.5. The maximum absolute atomic E-state index is 13.1. The summed E-state index contributed by atoms with van der Waals surface area (Å²) < 4.78 is 39.1. The van der Waals surface area contributed by atoms with Crippen LogP contribution in [0.15, 0.2) is 30.3 Å². The Labute approximate surface area is 119 Å². The summed E-state index contributed by atoms with van der Waals surface area (Å²) in [5.74, 6) is -4.54. The second kappa shape index (κ2) is 5.87. The number of nitrogens with two attached hydrogens (primary N) is 1. The Bertz CT molecular complexity index is 678. The van der Waals surface area contributed by atoms with E-state index in [1.54, 1.807) is 25.1 Å². The number of halogens is 3. The van der Waals surface area contributed by atoms with Gasteiger partial charge in [0.1, 0.15) is 0 Å². The molecule has 0 spiro atoms. The molecule has 0 unspecified atom stereocenters. The van der Waals surface area contributed by atoms with Crippen molar-refractivity contribution in [1.82, 2.24) is 0 Å². The highest BCUT2D eigenvalue weighted by Crippen LogP contribution is 2.20. The monoisotopic (exact) mass is 294 g/mol. The number of carbonyl (C=O) groups excluding carboxylic acids is 1. The molecule has 3 N–H and O–H groups in total. The minimum Gasteiger partial charge on any atom is -0.381 e. The van der Waals surface area contributed by atoms with Gasteiger partial charge in [-0.3, -0.25) is 4.79 Å². The highest BCUT2D eigenvalue weighted by Gasteiger charge is 2.11. The lowest BCUT2D eigenvalue weighted by molar-refractivity contribution is 0.1000. The van der Waals surface area contributed by atoms with Crippen molar-refractivity contribution >= 4 is 11.6 Å². The molecular formula is C15H13F3N2O. The van der Waals surface area contributed by atoms with E-state index in [0.29, 0.717) is 16.8 Å². The van der Waals surface area contributed by atoms with Crippen molar-refractivity contribution in [2.24, 2.45) is 5.73 Å². The highest BCUT2D eigenvalue weighted by atomic mass is 19.2. The lowest BCUT2D eigenvalue weighted by atomic mass is 10.1. The first-order valence-corrected chi connectivity index (χ1v) is 6.17. The number of hydrogen-bond donors (Lipinski definition) is 2. The molecule has 2 aromatic rings. The fraction of sp³-hybridized carbons (Fsp3) is 0.133. The average molecular weight is 294 g/mol. The highest BCUT2D eigenvalue weighted by molar-refractivity contribution is 5.95. The number of amides is 1. The van der Waals surface area contributed by atoms with Gasteiger partial charge in [0, 0.05) is 17.8 Å². The summed E-state index contributed by atoms with van der Waals surface area (Å²) in [4.78, 5) is 11.2. The lowest BCUT2D eigenvalue weighted by Crippen LogP contribution is -2.14. The summed E-state index contributed by atoms with van der Waals surface area (Å²) in [7, 11) is 0. The van der Waals surface area contributed by atoms with Gasteiger partial charge in [0.15, 0.2) is 17.5 Å². The standard InChI is InChI=1S/C15H13F3N2O/c1-8-10(15(19)21)3-2-4-13(8)20-7-9-5-11(16)14(18)12(17)6-9/h2-6,20H,7H2,1H3,(H2,19,21). The molecule has 0 bridgehead atoms. The lowest BCUT2D eigenvalue weighted by Gasteiger charge is -2.12. The van der Waals surface area contributed by atoms with Crippen molar-refractivity contribution in [3.05, 3.63) is 64.5 Å². The fourth-order valence-electron chi connectivity index (χ4n) is 2.00. The summed E-state index contributed by atoms with van der Waals surface area (Å²) in [5.41, 5.74) is 7.08. The number of nitrogens with one attached hydrogen (secondary N) is 1. The first-order chi connectivity index (χ1) is 9.90. The molecule has 0 radical (unpaired) electrons. The molecule has 0 aromatic heterocycles. The van der Waals surface area contributed by atoms with E-state index in [-0.39, 0.29) is 12.1 Å². The van der Waals surface area contributed by atoms with Crippen LogP contribution in [0.25, 0.3) is 0 Å². The van der Waals surface area contributed by atoms with Crippen LogP contribution in [0.3, 0.4) is 0 Å². The predicted octanol–water partition coefficient (Wildman–Crippen LogP) is 3.12. The molecule has 0 aliphatic rings. The molecule has 110 valence electrons. The van der Waals surface area contributed by atoms with E-state index in [2.05, 4.69) is 5.32 Å². The number of rotatable bonds is 4. The van der Waals surface area contributed by atoms with Gasteiger partial charge in [-0.2, -0.15) is 0 Å². The molecule has 0 heterocycles. The van der Waals surface area contributed by atoms with Gasteiger partial charge in [0.25, 0.3) is 0 Å². The number of primary amides is 1. The third kappa shape index (κ3) is 3.16. The van der Waals surface area contributed by atoms with Gasteiger partial charge in [-0.1, -0.05) is 6.07 Å². The zero-order valence-corrected chi connectivity index (χ0v) is 11.2. The summed E-state index contributed by atoms with van der Waals surface area (Å²) in [6.45, 7) is 1.78. The SMILES string of the molecule is Cc1c(NCc2cc(F)c(F)c(F)c2)cccc1C(N)=O. The minimum atomic E-state index is -1.49. The minimum absolute atomic E-state index is 0.0805. The van der Waals surface area contributed by atoms with Gasteiger partial charge < -0.3 is 11.1 Å². The fourth-order valence-corrected chi connectivity index (χ4v) is 2.00. The molecule has 2 rings (SSSR count). The molecule has 0 atom stereocenters. The average Bonchev–Trinajstić information content (AvgIpc) is 2.43. The maximum atomic E-state index is 13.1. The van der Waals surface area contributed by atoms with Crippen molar-refractivity contribution < 1.29 is 18.0 Å². The third-order valence-electron chi connectivity index (χ3n) is 3.13. The van der Waals surface area contributed by atoms with E-state index in [0.717, 1.165) is 12.1 Å². The summed E-state index contributed by atoms with van der Waals surface area (Å²) in [5, 5.41) is 2.93. The third-order valence-corrected chi connectivity index (χ3v) is 3.13. The van der Waals surface area contributed by atoms with E-state index in [1.165, 1.54) is 0 Å². The van der Waals surface area contributed by atoms with Crippen LogP contribution >= 0.6 is 0 Å². The summed E-state index contributed by atoms with van der Waals surface area (Å²) in [6, 6.07) is 6.76. The summed E-state index contributed by atoms with van der Waals surface area (Å²) >= 11 is 0. The molecule has 0 aliphatic heterocycles. The van der Waals surface area contributed by atoms with Crippen molar-refractivity contribution in [3.63, 3.8) is 0 Å². The van der Waals surface area contributed by atoms with Gasteiger partial charge >= 0.3 is 0 Å². The van der Waals surface area contributed by atoms with Crippen LogP contribution in [0.5, 0.6) is 0 Å². The molecule has 6 heteroatoms. The van der Waals surface area contributed by atoms with Crippen LogP contribution in [0.2, 0.25) is 0 Å². The van der Waals surface area contributed by atoms with Gasteiger partial charge in [-0.15, -0.1) is 0 Å². The smallest absolute Gasteiger partial charge is 0.249 e. The van der Waals surface area contributed by atoms with Crippen molar-refractivity contribution in [1.29, 1.82) is 0 Å². The van der Waals surface area contributed by atoms with E-state index >= 15 is 0 Å². The van der Waals surface area contributed by atoms with Crippen LogP contribution in [-0.2, 0) is 6.54 Å². The van der Waals surface area contributed by atoms with E-state index < -0.39 is 23.4 Å². The first-order valence-electron chi connectivity index (χ1n) is 6.17. The Kier molecular flexibility index (Phi) is 4.16. The van der Waals surface area contributed by atoms with Crippen LogP contribution in [-0.4, -0.2) is 5.91 Å². The largest absolute Gasteiger partial charge is 0.381 e. The quantitative estimate of drug-likeness (QED) is 0.851. The molecule has 0 fully saturated rings. The number of anilines is 1. The molecule has 0 aliphatic carbocycles. The van der Waals surface area contributed by atoms with Gasteiger partial charge in [0.2, 0.25) is 5.91 Å². The Morgan fingerprint density at radius 1 is 1.19 bits per heavy atom. The molecule has 2 aromatic carbocycles. The van der Waals surface area contributed by atoms with E-state index in [4.69, 9.17) is 5.73 Å². The second-order valence-electron chi connectivity index (χ2n) is 4.57. The number of hydrogen-bond acceptors (Lipinski definition) is 2. The van der Waals surface area contributed by atoms with Crippen LogP contribution in [0, 0.1) is 24.4 Å². The zero-order chi connectivity index (χ0) is 15.6. The summed E-state index contributed by atoms with van der Waals surface area (Å²) in [6.07, 6.45) is 0. The topological polar surface area (TPSA) is 55.1 Å². The van der Waals surface area contributed by atoms with E-state index in [1.807, 2.05) is 0 Å². The van der Waals surface area contributed by atoms with Gasteiger partial charge in [-0.05, 0) is 42.3 Å². The molecule has 0 saturated carbocycles. The molecule has 0 saturated heterocycles. The van der Waals surface area contributed by atoms with Crippen LogP contribution in [0.4, 0.5) is 18.9 Å². The van der Waals surface area contributed by atoms with E-state index in [9.17, 15) is 18.0 Å². The Morgan fingerprint density at radius 2 is 1.81 bits per heavy atom. The maximum Gasteiger partial charge on any atom is 0.249 e. The van der Waals surface area contributed by atoms with Crippen LogP contribution < -0.4 is 11.1 Å². The van der Waals surface area contributed by atoms with Gasteiger partial charge in [0.05, 0.1) is 0 Å². The molecule has 1 amide bonds. The Hall–Kier alpha value is -2.50. The number of benzene rings is 2. The second-order valence-corrected chi connectivity index (χ2v) is 4.57. The Balaban J connectivity index is 2.21. The number of carbonyl (C=O) groups is 1. The van der Waals surface area contributed by atoms with Crippen molar-refractivity contribution in [3.8, 4) is 0 Å². The predicted molar refractivity (Wildman–Crippen MR) is 73.3 cm³/mol. The zero-order valence-electron chi connectivity index (χ0n) is 11.2. The Morgan fingerprint density at radius 3 is 2.38 bits per heavy atom. The van der Waals surface area contributed by atoms with Crippen molar-refractivity contribution in [2.75, 3.05) is 5.32 Å². The first kappa shape index (κ1) is 14.9. The molecule has 21 heavy (non-hydrogen) atoms. The molecular weight excluding hydrogens is 281 g/mol. The molecule has 3 nitrogen and oxygen atoms in total. The van der Waals surface area contributed by atoms with Gasteiger partial charge in [-0.25, -0.2) is 13.2 Å². The van der Waals surface area contributed by atoms with Crippen molar-refractivity contribution in [2.45, 2.75) is 13.5 Å². The van der Waals surface area contributed by atoms with Crippen LogP contribution in [0.1, 0.15) is 21.5 Å².